The van der Waals surface area contributed by atoms with Crippen molar-refractivity contribution in [1.82, 2.24) is 19.8 Å². The summed E-state index contributed by atoms with van der Waals surface area (Å²) in [5.74, 6) is 0.552. The number of aromatic nitrogens is 2. The van der Waals surface area contributed by atoms with Gasteiger partial charge >= 0.3 is 0 Å². The molecule has 1 aromatic heterocycles. The van der Waals surface area contributed by atoms with E-state index < -0.39 is 0 Å². The van der Waals surface area contributed by atoms with E-state index in [2.05, 4.69) is 24.1 Å². The Morgan fingerprint density at radius 2 is 1.96 bits per heavy atom. The zero-order valence-corrected chi connectivity index (χ0v) is 14.7. The van der Waals surface area contributed by atoms with Gasteiger partial charge in [-0.05, 0) is 39.0 Å². The van der Waals surface area contributed by atoms with Crippen molar-refractivity contribution in [3.05, 3.63) is 17.2 Å². The summed E-state index contributed by atoms with van der Waals surface area (Å²) in [6.07, 6.45) is 2.87. The quantitative estimate of drug-likeness (QED) is 0.872. The summed E-state index contributed by atoms with van der Waals surface area (Å²) < 4.78 is 1.95. The second-order valence-corrected chi connectivity index (χ2v) is 6.42. The third-order valence-corrected chi connectivity index (χ3v) is 4.25. The molecule has 2 rings (SSSR count). The normalized spacial score (nSPS) is 13.8. The van der Waals surface area contributed by atoms with Crippen LogP contribution >= 0.6 is 0 Å². The predicted molar refractivity (Wildman–Crippen MR) is 89.6 cm³/mol. The molecule has 0 aromatic carbocycles. The Kier molecular flexibility index (Phi) is 5.80. The summed E-state index contributed by atoms with van der Waals surface area (Å²) in [6.45, 7) is 10.7. The molecule has 0 atom stereocenters. The molecule has 0 saturated heterocycles. The monoisotopic (exact) mass is 320 g/mol. The van der Waals surface area contributed by atoms with Crippen molar-refractivity contribution in [2.75, 3.05) is 19.6 Å². The number of fused-ring (bicyclic) bond motifs is 1. The minimum atomic E-state index is -0.164. The second-order valence-electron chi connectivity index (χ2n) is 6.42. The second kappa shape index (κ2) is 7.62. The van der Waals surface area contributed by atoms with E-state index in [-0.39, 0.29) is 11.8 Å². The summed E-state index contributed by atoms with van der Waals surface area (Å²) in [5.41, 5.74) is 1.34. The number of carbonyl (C=O) groups excluding carboxylic acids is 2. The van der Waals surface area contributed by atoms with Crippen molar-refractivity contribution < 1.29 is 9.59 Å². The molecule has 6 heteroatoms. The number of imidazole rings is 1. The molecule has 0 unspecified atom stereocenters. The molecule has 0 radical (unpaired) electrons. The van der Waals surface area contributed by atoms with Gasteiger partial charge in [-0.25, -0.2) is 4.98 Å². The first-order valence-corrected chi connectivity index (χ1v) is 8.66. The zero-order chi connectivity index (χ0) is 17.0. The molecule has 0 spiro atoms. The Bertz CT molecular complexity index is 573. The van der Waals surface area contributed by atoms with Crippen molar-refractivity contribution in [2.45, 2.75) is 53.5 Å². The highest BCUT2D eigenvalue weighted by Gasteiger charge is 2.28. The van der Waals surface area contributed by atoms with E-state index in [0.29, 0.717) is 37.1 Å². The molecular weight excluding hydrogens is 292 g/mol. The number of rotatable bonds is 6. The van der Waals surface area contributed by atoms with Gasteiger partial charge < -0.3 is 14.8 Å². The van der Waals surface area contributed by atoms with E-state index in [0.717, 1.165) is 31.5 Å². The van der Waals surface area contributed by atoms with Crippen LogP contribution in [0.3, 0.4) is 0 Å². The molecule has 0 bridgehead atoms. The molecule has 128 valence electrons. The first-order chi connectivity index (χ1) is 11.0. The summed E-state index contributed by atoms with van der Waals surface area (Å²) in [7, 11) is 0. The van der Waals surface area contributed by atoms with Crippen molar-refractivity contribution in [3.8, 4) is 0 Å². The van der Waals surface area contributed by atoms with Gasteiger partial charge in [0.2, 0.25) is 0 Å². The lowest BCUT2D eigenvalue weighted by atomic mass is 10.1. The van der Waals surface area contributed by atoms with E-state index in [1.807, 2.05) is 18.4 Å². The fourth-order valence-corrected chi connectivity index (χ4v) is 2.92. The molecule has 1 aliphatic rings. The van der Waals surface area contributed by atoms with Crippen molar-refractivity contribution in [1.29, 1.82) is 0 Å². The Labute approximate surface area is 138 Å². The van der Waals surface area contributed by atoms with Gasteiger partial charge in [-0.3, -0.25) is 9.59 Å². The van der Waals surface area contributed by atoms with Gasteiger partial charge in [-0.15, -0.1) is 0 Å². The average Bonchev–Trinajstić information content (AvgIpc) is 2.93. The van der Waals surface area contributed by atoms with Crippen LogP contribution in [0.15, 0.2) is 0 Å². The maximum absolute atomic E-state index is 12.7. The average molecular weight is 320 g/mol. The third-order valence-electron chi connectivity index (χ3n) is 4.25. The predicted octanol–water partition coefficient (Wildman–Crippen LogP) is 2.09. The molecule has 0 fully saturated rings. The minimum absolute atomic E-state index is 0.0824. The Morgan fingerprint density at radius 3 is 2.57 bits per heavy atom. The molecule has 2 heterocycles. The van der Waals surface area contributed by atoms with Gasteiger partial charge in [0.1, 0.15) is 5.69 Å². The van der Waals surface area contributed by atoms with Crippen LogP contribution in [0.5, 0.6) is 0 Å². The number of amides is 2. The van der Waals surface area contributed by atoms with Crippen LogP contribution in [0.2, 0.25) is 0 Å². The highest BCUT2D eigenvalue weighted by molar-refractivity contribution is 5.97. The molecule has 23 heavy (non-hydrogen) atoms. The Morgan fingerprint density at radius 1 is 1.26 bits per heavy atom. The van der Waals surface area contributed by atoms with Crippen LogP contribution in [0, 0.1) is 5.92 Å². The molecule has 1 aromatic rings. The molecule has 6 nitrogen and oxygen atoms in total. The first kappa shape index (κ1) is 17.5. The number of nitrogens with one attached hydrogen (secondary N) is 1. The van der Waals surface area contributed by atoms with Gasteiger partial charge in [0, 0.05) is 26.2 Å². The maximum atomic E-state index is 12.7. The molecule has 1 aliphatic heterocycles. The van der Waals surface area contributed by atoms with Crippen molar-refractivity contribution in [3.63, 3.8) is 0 Å². The third kappa shape index (κ3) is 3.74. The van der Waals surface area contributed by atoms with Gasteiger partial charge in [-0.1, -0.05) is 13.8 Å². The van der Waals surface area contributed by atoms with Crippen LogP contribution in [-0.4, -0.2) is 45.9 Å². The first-order valence-electron chi connectivity index (χ1n) is 8.66. The van der Waals surface area contributed by atoms with Gasteiger partial charge in [0.25, 0.3) is 11.8 Å². The maximum Gasteiger partial charge on any atom is 0.289 e. The largest absolute Gasteiger partial charge is 0.350 e. The molecule has 0 saturated carbocycles. The number of hydrogen-bond donors (Lipinski definition) is 1. The SMILES string of the molecule is CCN(CC)C(=O)c1nc(C(=O)NCC(C)C)c2n1CCCC2. The lowest BCUT2D eigenvalue weighted by Gasteiger charge is -2.21. The fraction of sp³-hybridized carbons (Fsp3) is 0.706. The molecular formula is C17H28N4O2. The van der Waals surface area contributed by atoms with Crippen molar-refractivity contribution >= 4 is 11.8 Å². The summed E-state index contributed by atoms with van der Waals surface area (Å²) in [5, 5.41) is 2.92. The van der Waals surface area contributed by atoms with E-state index in [1.54, 1.807) is 4.90 Å². The Balaban J connectivity index is 2.34. The number of nitrogens with zero attached hydrogens (tertiary/aromatic N) is 3. The van der Waals surface area contributed by atoms with E-state index in [9.17, 15) is 9.59 Å². The van der Waals surface area contributed by atoms with Crippen LogP contribution in [0.25, 0.3) is 0 Å². The highest BCUT2D eigenvalue weighted by Crippen LogP contribution is 2.22. The topological polar surface area (TPSA) is 67.2 Å². The van der Waals surface area contributed by atoms with Crippen LogP contribution in [0.4, 0.5) is 0 Å². The Hall–Kier alpha value is -1.85. The highest BCUT2D eigenvalue weighted by atomic mass is 16.2. The van der Waals surface area contributed by atoms with Crippen molar-refractivity contribution in [2.24, 2.45) is 5.92 Å². The lowest BCUT2D eigenvalue weighted by molar-refractivity contribution is 0.0754. The van der Waals surface area contributed by atoms with Gasteiger partial charge in [0.05, 0.1) is 5.69 Å². The van der Waals surface area contributed by atoms with E-state index >= 15 is 0 Å². The molecule has 2 amide bonds. The van der Waals surface area contributed by atoms with Crippen LogP contribution < -0.4 is 5.32 Å². The van der Waals surface area contributed by atoms with Crippen LogP contribution in [-0.2, 0) is 13.0 Å². The lowest BCUT2D eigenvalue weighted by Crippen LogP contribution is -2.33. The standard InChI is InChI=1S/C17H28N4O2/c1-5-20(6-2)17(23)15-19-14(16(22)18-11-12(3)4)13-9-7-8-10-21(13)15/h12H,5-11H2,1-4H3,(H,18,22). The number of hydrogen-bond acceptors (Lipinski definition) is 3. The fourth-order valence-electron chi connectivity index (χ4n) is 2.92. The minimum Gasteiger partial charge on any atom is -0.350 e. The summed E-state index contributed by atoms with van der Waals surface area (Å²) in [4.78, 5) is 31.3. The van der Waals surface area contributed by atoms with Gasteiger partial charge in [0.15, 0.2) is 5.82 Å². The number of carbonyl (C=O) groups is 2. The summed E-state index contributed by atoms with van der Waals surface area (Å²) >= 11 is 0. The molecule has 0 aliphatic carbocycles. The van der Waals surface area contributed by atoms with Crippen LogP contribution in [0.1, 0.15) is 67.3 Å². The zero-order valence-electron chi connectivity index (χ0n) is 14.7. The van der Waals surface area contributed by atoms with E-state index in [1.165, 1.54) is 0 Å². The smallest absolute Gasteiger partial charge is 0.289 e. The van der Waals surface area contributed by atoms with Gasteiger partial charge in [-0.2, -0.15) is 0 Å². The van der Waals surface area contributed by atoms with E-state index in [4.69, 9.17) is 0 Å². The summed E-state index contributed by atoms with van der Waals surface area (Å²) in [6, 6.07) is 0. The molecule has 1 N–H and O–H groups in total.